The first-order chi connectivity index (χ1) is 60.3. The molecule has 8 aliphatic heterocycles. The highest BCUT2D eigenvalue weighted by molar-refractivity contribution is 6.32. The van der Waals surface area contributed by atoms with Gasteiger partial charge in [-0.1, -0.05) is 72.9 Å². The highest BCUT2D eigenvalue weighted by Crippen LogP contribution is 2.50. The maximum atomic E-state index is 16.4. The number of hydrogen-bond donors (Lipinski definition) is 22. The normalized spacial score (nSPS) is 29.4. The Labute approximate surface area is 737 Å². The van der Waals surface area contributed by atoms with Crippen molar-refractivity contribution in [3.05, 3.63) is 170 Å². The Hall–Kier alpha value is -10.9. The third-order valence-corrected chi connectivity index (χ3v) is 23.0. The van der Waals surface area contributed by atoms with Crippen LogP contribution in [0.25, 0.3) is 11.1 Å². The molecule has 3 saturated heterocycles. The largest absolute Gasteiger partial charge is 0.508 e. The molecule has 40 nitrogen and oxygen atoms in total. The number of benzene rings is 6. The molecule has 24 N–H and O–H groups in total. The molecule has 8 aliphatic rings. The Kier molecular flexibility index (Phi) is 29.0. The number of rotatable bonds is 21. The van der Waals surface area contributed by atoms with Crippen LogP contribution in [-0.4, -0.2) is 243 Å². The van der Waals surface area contributed by atoms with Crippen molar-refractivity contribution in [1.29, 1.82) is 0 Å². The third kappa shape index (κ3) is 20.9. The molecule has 127 heavy (non-hydrogen) atoms. The van der Waals surface area contributed by atoms with Gasteiger partial charge in [-0.2, -0.15) is 0 Å². The number of carbonyl (C=O) groups excluding carboxylic acids is 7. The number of carbonyl (C=O) groups is 8. The number of fused-ring (bicyclic) bond motifs is 15. The van der Waals surface area contributed by atoms with E-state index in [9.17, 15) is 75.7 Å². The summed E-state index contributed by atoms with van der Waals surface area (Å²) in [6.07, 6.45) is -27.9. The summed E-state index contributed by atoms with van der Waals surface area (Å²) in [5.74, 6) is -16.0. The number of hydrogen-bond acceptors (Lipinski definition) is 32. The van der Waals surface area contributed by atoms with Crippen molar-refractivity contribution in [2.75, 3.05) is 20.2 Å². The maximum absolute atomic E-state index is 16.4. The molecule has 23 atom stereocenters. The van der Waals surface area contributed by atoms with Crippen LogP contribution in [0.3, 0.4) is 0 Å². The van der Waals surface area contributed by atoms with E-state index in [1.54, 1.807) is 50.2 Å². The summed E-state index contributed by atoms with van der Waals surface area (Å²) in [5.41, 5.74) is 8.58. The van der Waals surface area contributed by atoms with E-state index in [2.05, 4.69) is 47.5 Å². The van der Waals surface area contributed by atoms with Gasteiger partial charge in [0.25, 0.3) is 0 Å². The van der Waals surface area contributed by atoms with Crippen LogP contribution in [0.2, 0.25) is 15.1 Å². The summed E-state index contributed by atoms with van der Waals surface area (Å²) in [4.78, 5) is 125. The Balaban J connectivity index is 0.953. The first-order valence-electron chi connectivity index (χ1n) is 40.0. The van der Waals surface area contributed by atoms with Gasteiger partial charge in [-0.15, -0.1) is 0 Å². The van der Waals surface area contributed by atoms with Crippen LogP contribution in [-0.2, 0) is 68.6 Å². The molecule has 7 amide bonds. The van der Waals surface area contributed by atoms with Gasteiger partial charge >= 0.3 is 5.97 Å². The number of nitrogens with two attached hydrogens (primary N) is 2. The van der Waals surface area contributed by atoms with Crippen LogP contribution in [0.15, 0.2) is 121 Å². The summed E-state index contributed by atoms with van der Waals surface area (Å²) in [6.45, 7) is 5.28. The number of ether oxygens (including phenoxy) is 9. The minimum absolute atomic E-state index is 0.106. The molecule has 11 bridgehead atoms. The predicted molar refractivity (Wildman–Crippen MR) is 442 cm³/mol. The van der Waals surface area contributed by atoms with Crippen LogP contribution in [0, 0.1) is 5.92 Å². The number of aliphatic hydroxyl groups is 8. The van der Waals surface area contributed by atoms with Crippen LogP contribution >= 0.6 is 34.8 Å². The molecule has 1 aromatic heterocycles. The number of aliphatic hydroxyl groups excluding tert-OH is 8. The Morgan fingerprint density at radius 1 is 0.661 bits per heavy atom. The lowest BCUT2D eigenvalue weighted by atomic mass is 9.86. The number of nitrogens with one attached hydrogen (secondary N) is 8. The minimum atomic E-state index is -2.43. The van der Waals surface area contributed by atoms with Gasteiger partial charge in [0.1, 0.15) is 126 Å². The van der Waals surface area contributed by atoms with Crippen molar-refractivity contribution < 1.29 is 142 Å². The average Bonchev–Trinajstić information content (AvgIpc) is 0.761. The van der Waals surface area contributed by atoms with Crippen LogP contribution < -0.4 is 72.9 Å². The number of pyridine rings is 1. The number of aromatic hydroxyl groups is 3. The number of halogens is 3. The second-order valence-electron chi connectivity index (χ2n) is 32.0. The number of phenolic OH excluding ortho intramolecular Hbond substituents is 3. The lowest BCUT2D eigenvalue weighted by molar-refractivity contribution is -0.350. The summed E-state index contributed by atoms with van der Waals surface area (Å²) >= 11 is 20.5. The second-order valence-corrected chi connectivity index (χ2v) is 33.3. The zero-order chi connectivity index (χ0) is 91.6. The first-order valence-corrected chi connectivity index (χ1v) is 41.1. The van der Waals surface area contributed by atoms with Gasteiger partial charge in [-0.25, -0.2) is 9.78 Å². The van der Waals surface area contributed by atoms with Crippen molar-refractivity contribution in [1.82, 2.24) is 47.5 Å². The van der Waals surface area contributed by atoms with Gasteiger partial charge in [0.15, 0.2) is 30.1 Å². The number of likely N-dealkylation sites (N-methyl/N-ethyl adjacent to an activating group) is 1. The molecule has 15 rings (SSSR count). The Bertz CT molecular complexity index is 5280. The van der Waals surface area contributed by atoms with E-state index < -0.39 is 284 Å². The van der Waals surface area contributed by atoms with Crippen molar-refractivity contribution in [2.24, 2.45) is 17.4 Å². The number of carboxylic acid groups (broad SMARTS) is 1. The molecule has 0 aliphatic carbocycles. The number of primary amides is 1. The monoisotopic (exact) mass is 1830 g/mol. The van der Waals surface area contributed by atoms with Crippen molar-refractivity contribution in [2.45, 2.75) is 193 Å². The van der Waals surface area contributed by atoms with Crippen molar-refractivity contribution >= 4 is 82.1 Å². The molecule has 1 unspecified atom stereocenters. The lowest BCUT2D eigenvalue weighted by Gasteiger charge is -2.46. The SMILES string of the molecule is CN[C@H](CC(C)C)C(=O)NC1C(=O)N[C@@H](CC(N)=O)C(=O)N[C@H]2C(=O)N[C@H]3C(=O)N[C@H](C(=O)N[C@@H](C(=O)O)c4cc(O)cc(O)c4-c4cc3ccc4O)[C@H](O[C@H]3C[C@](C)(N)[C@@H](O)[C@H](C)O3)c3ccc(c(Cl)c3)Oc3cc2cc(c3O[C@@H]2O[C@H](CO)[C@@H](O[C@@H]3O[C@H](CNCc4ccc(Oc5ccc(Cl)cc5)nc4)[C@H](O)[C@H](O)[C@H]3O)[C@H](O)[C@H]2O)Oc2ccc(cc2Cl)[C@H]1O. The molecule has 680 valence electrons. The maximum Gasteiger partial charge on any atom is 0.330 e. The molecular formula is C84H94Cl3N11O29. The summed E-state index contributed by atoms with van der Waals surface area (Å²) in [5, 5.41) is 160. The van der Waals surface area contributed by atoms with Gasteiger partial charge in [-0.3, -0.25) is 33.6 Å². The Morgan fingerprint density at radius 2 is 1.30 bits per heavy atom. The fourth-order valence-electron chi connectivity index (χ4n) is 15.6. The highest BCUT2D eigenvalue weighted by atomic mass is 35.5. The topological polar surface area (TPSA) is 624 Å². The summed E-state index contributed by atoms with van der Waals surface area (Å²) < 4.78 is 57.0. The van der Waals surface area contributed by atoms with E-state index in [0.717, 1.165) is 66.7 Å². The molecule has 6 aromatic carbocycles. The number of phenols is 3. The molecular weight excluding hydrogens is 1730 g/mol. The lowest BCUT2D eigenvalue weighted by Crippen LogP contribution is -2.65. The number of aliphatic carboxylic acids is 1. The van der Waals surface area contributed by atoms with Gasteiger partial charge < -0.3 is 158 Å². The van der Waals surface area contributed by atoms with Crippen LogP contribution in [0.5, 0.6) is 57.6 Å². The van der Waals surface area contributed by atoms with Crippen molar-refractivity contribution in [3.63, 3.8) is 0 Å². The minimum Gasteiger partial charge on any atom is -0.508 e. The van der Waals surface area contributed by atoms with Gasteiger partial charge in [0.2, 0.25) is 59.3 Å². The van der Waals surface area contributed by atoms with E-state index in [-0.39, 0.29) is 48.9 Å². The standard InChI is InChI=1S/C84H94Cl3N11O29/c1-32(2)18-46(90-5)75(111)97-63-65(104)36-8-15-50(44(86)20-36)121-52-22-38-23-53(72(52)126-83-70(109)68(107)73(55(31-99)124-83)127-82-69(108)67(106)66(105)54(123-82)30-91-28-34-6-17-57(92-29-34)120-41-12-10-39(85)11-13-41)122-51-16-9-37(21-45(51)87)71(125-58-27-84(4,89)74(110)33(3)119-58)64-80(116)96-62(81(117)118)43-24-40(100)25-49(102)59(43)42-19-35(7-14-48(42)101)60(77(113)98-64)95-78(114)61(38)94-76(112)47(26-56(88)103)93-79(63)115/h6-17,19-25,29,32-33,46-47,54-55,58,60-71,73-74,82-83,90-91,99-102,104-110H,18,26-28,30-31,89H2,1-5H3,(H2,88,103)(H,93,115)(H,94,112)(H,95,114)(H,96,116)(H,97,111)(H,98,113)(H,117,118)/t33-,46+,47-,54+,55+,58-,60+,61+,62+,63?,64-,65+,66-,67-,68+,69+,70+,71+,73+,74-,82-,83-,84-/m0/s1. The van der Waals surface area contributed by atoms with E-state index in [1.165, 1.54) is 39.2 Å². The Morgan fingerprint density at radius 3 is 1.93 bits per heavy atom. The van der Waals surface area contributed by atoms with Gasteiger partial charge in [-0.05, 0) is 140 Å². The van der Waals surface area contributed by atoms with E-state index >= 15 is 24.0 Å². The zero-order valence-corrected chi connectivity index (χ0v) is 70.4. The smallest absolute Gasteiger partial charge is 0.330 e. The summed E-state index contributed by atoms with van der Waals surface area (Å²) in [7, 11) is 1.46. The number of nitrogens with zero attached hydrogens (tertiary/aromatic N) is 1. The first kappa shape index (κ1) is 93.7. The third-order valence-electron chi connectivity index (χ3n) is 22.2. The molecule has 7 aromatic rings. The van der Waals surface area contributed by atoms with Gasteiger partial charge in [0.05, 0.1) is 41.3 Å². The van der Waals surface area contributed by atoms with Crippen molar-refractivity contribution in [3.8, 4) is 68.8 Å². The fraction of sp³-hybridized carbons (Fsp3) is 0.417. The molecule has 9 heterocycles. The zero-order valence-electron chi connectivity index (χ0n) is 68.1. The predicted octanol–water partition coefficient (Wildman–Crippen LogP) is 1.57. The molecule has 43 heteroatoms. The van der Waals surface area contributed by atoms with E-state index in [4.69, 9.17) is 88.9 Å². The van der Waals surface area contributed by atoms with Gasteiger partial charge in [0, 0.05) is 65.1 Å². The molecule has 0 saturated carbocycles. The number of aromatic nitrogens is 1. The quantitative estimate of drug-likeness (QED) is 0.0485. The second kappa shape index (κ2) is 39.3. The molecule has 3 fully saturated rings. The average molecular weight is 1830 g/mol. The van der Waals surface area contributed by atoms with Crippen LogP contribution in [0.4, 0.5) is 0 Å². The van der Waals surface area contributed by atoms with E-state index in [1.807, 2.05) is 0 Å². The van der Waals surface area contributed by atoms with E-state index in [0.29, 0.717) is 16.3 Å². The highest BCUT2D eigenvalue weighted by Gasteiger charge is 2.53. The fourth-order valence-corrected chi connectivity index (χ4v) is 16.1. The molecule has 0 radical (unpaired) electrons. The van der Waals surface area contributed by atoms with Crippen LogP contribution in [0.1, 0.15) is 111 Å². The summed E-state index contributed by atoms with van der Waals surface area (Å²) in [6, 6.07) is 8.79. The number of carboxylic acids is 1. The number of amides is 7. The molecule has 0 spiro atoms.